The molecule has 122 valence electrons. The predicted molar refractivity (Wildman–Crippen MR) is 85.8 cm³/mol. The number of nitrogens with zero attached hydrogens (tertiary/aromatic N) is 4. The van der Waals surface area contributed by atoms with E-state index in [0.717, 1.165) is 51.7 Å². The molecule has 2 saturated heterocycles. The van der Waals surface area contributed by atoms with Crippen molar-refractivity contribution in [2.24, 2.45) is 5.92 Å². The van der Waals surface area contributed by atoms with Gasteiger partial charge in [0.15, 0.2) is 0 Å². The number of hydrogen-bond acceptors (Lipinski definition) is 4. The number of aromatic nitrogens is 2. The third-order valence-electron chi connectivity index (χ3n) is 5.44. The Morgan fingerprint density at radius 1 is 1.09 bits per heavy atom. The van der Waals surface area contributed by atoms with Crippen molar-refractivity contribution in [1.29, 1.82) is 0 Å². The zero-order valence-electron chi connectivity index (χ0n) is 13.5. The molecule has 5 heteroatoms. The molecular weight excluding hydrogens is 276 g/mol. The van der Waals surface area contributed by atoms with Gasteiger partial charge in [-0.15, -0.1) is 0 Å². The normalized spacial score (nSPS) is 27.2. The highest BCUT2D eigenvalue weighted by atomic mass is 16.5. The van der Waals surface area contributed by atoms with Crippen LogP contribution in [-0.2, 0) is 24.2 Å². The second-order valence-electron chi connectivity index (χ2n) is 7.08. The molecule has 3 aliphatic heterocycles. The molecule has 1 aromatic heterocycles. The minimum Gasteiger partial charge on any atom is -0.381 e. The van der Waals surface area contributed by atoms with E-state index in [-0.39, 0.29) is 0 Å². The molecule has 2 fully saturated rings. The Labute approximate surface area is 133 Å². The molecule has 4 heterocycles. The zero-order valence-corrected chi connectivity index (χ0v) is 13.5. The summed E-state index contributed by atoms with van der Waals surface area (Å²) in [7, 11) is 0. The minimum atomic E-state index is 0.745. The van der Waals surface area contributed by atoms with Crippen molar-refractivity contribution < 1.29 is 4.74 Å². The standard InChI is InChI=1S/C17H28N4O/c1-2-6-19(5-1)13-16-11-18-17-3-7-20(8-9-21(16)17)12-15-4-10-22-14-15/h11,15H,1-10,12-14H2/t15-/m1/s1. The van der Waals surface area contributed by atoms with Crippen LogP contribution in [0.25, 0.3) is 0 Å². The molecule has 22 heavy (non-hydrogen) atoms. The number of imidazole rings is 1. The van der Waals surface area contributed by atoms with Gasteiger partial charge in [-0.3, -0.25) is 4.90 Å². The van der Waals surface area contributed by atoms with Crippen molar-refractivity contribution in [2.75, 3.05) is 45.9 Å². The third kappa shape index (κ3) is 3.21. The highest BCUT2D eigenvalue weighted by Crippen LogP contribution is 2.19. The highest BCUT2D eigenvalue weighted by Gasteiger charge is 2.23. The molecule has 0 bridgehead atoms. The van der Waals surface area contributed by atoms with E-state index in [0.29, 0.717) is 0 Å². The summed E-state index contributed by atoms with van der Waals surface area (Å²) >= 11 is 0. The number of fused-ring (bicyclic) bond motifs is 1. The maximum atomic E-state index is 5.52. The van der Waals surface area contributed by atoms with E-state index in [2.05, 4.69) is 20.6 Å². The van der Waals surface area contributed by atoms with E-state index >= 15 is 0 Å². The first kappa shape index (κ1) is 14.7. The lowest BCUT2D eigenvalue weighted by Crippen LogP contribution is -2.32. The van der Waals surface area contributed by atoms with Crippen LogP contribution in [0.2, 0.25) is 0 Å². The van der Waals surface area contributed by atoms with Gasteiger partial charge >= 0.3 is 0 Å². The first-order valence-corrected chi connectivity index (χ1v) is 8.94. The van der Waals surface area contributed by atoms with Gasteiger partial charge in [0.05, 0.1) is 12.3 Å². The molecule has 0 spiro atoms. The predicted octanol–water partition coefficient (Wildman–Crippen LogP) is 1.37. The highest BCUT2D eigenvalue weighted by molar-refractivity contribution is 5.08. The van der Waals surface area contributed by atoms with Crippen LogP contribution in [0.3, 0.4) is 0 Å². The van der Waals surface area contributed by atoms with Crippen molar-refractivity contribution in [3.05, 3.63) is 17.7 Å². The topological polar surface area (TPSA) is 33.5 Å². The van der Waals surface area contributed by atoms with Crippen molar-refractivity contribution in [1.82, 2.24) is 19.4 Å². The third-order valence-corrected chi connectivity index (χ3v) is 5.44. The van der Waals surface area contributed by atoms with Crippen LogP contribution in [0.4, 0.5) is 0 Å². The molecule has 5 nitrogen and oxygen atoms in total. The molecule has 4 rings (SSSR count). The molecule has 1 atom stereocenters. The van der Waals surface area contributed by atoms with Crippen molar-refractivity contribution in [2.45, 2.75) is 38.8 Å². The smallest absolute Gasteiger partial charge is 0.110 e. The van der Waals surface area contributed by atoms with Crippen LogP contribution in [0.5, 0.6) is 0 Å². The molecule has 1 aromatic rings. The van der Waals surface area contributed by atoms with Crippen LogP contribution in [0, 0.1) is 5.92 Å². The average Bonchev–Trinajstić information content (AvgIpc) is 3.24. The fourth-order valence-corrected chi connectivity index (χ4v) is 4.11. The molecule has 0 aliphatic carbocycles. The van der Waals surface area contributed by atoms with Gasteiger partial charge in [-0.25, -0.2) is 4.98 Å². The first-order chi connectivity index (χ1) is 10.9. The Morgan fingerprint density at radius 2 is 2.00 bits per heavy atom. The maximum absolute atomic E-state index is 5.52. The summed E-state index contributed by atoms with van der Waals surface area (Å²) < 4.78 is 8.01. The van der Waals surface area contributed by atoms with Crippen LogP contribution < -0.4 is 0 Å². The number of ether oxygens (including phenoxy) is 1. The Hall–Kier alpha value is -0.910. The van der Waals surface area contributed by atoms with Crippen molar-refractivity contribution in [3.8, 4) is 0 Å². The van der Waals surface area contributed by atoms with Gasteiger partial charge < -0.3 is 14.2 Å². The molecule has 0 radical (unpaired) electrons. The van der Waals surface area contributed by atoms with Gasteiger partial charge in [-0.2, -0.15) is 0 Å². The van der Waals surface area contributed by atoms with E-state index in [9.17, 15) is 0 Å². The van der Waals surface area contributed by atoms with E-state index < -0.39 is 0 Å². The molecule has 0 unspecified atom stereocenters. The van der Waals surface area contributed by atoms with Gasteiger partial charge in [0.25, 0.3) is 0 Å². The largest absolute Gasteiger partial charge is 0.381 e. The number of rotatable bonds is 4. The fourth-order valence-electron chi connectivity index (χ4n) is 4.11. The maximum Gasteiger partial charge on any atom is 0.110 e. The summed E-state index contributed by atoms with van der Waals surface area (Å²) in [5, 5.41) is 0. The SMILES string of the molecule is c1nc2n(c1CN1CCCC1)CCN(C[C@H]1CCOC1)CC2. The quantitative estimate of drug-likeness (QED) is 0.841. The lowest BCUT2D eigenvalue weighted by Gasteiger charge is -2.23. The molecule has 0 aromatic carbocycles. The van der Waals surface area contributed by atoms with Gasteiger partial charge in [-0.1, -0.05) is 0 Å². The number of hydrogen-bond donors (Lipinski definition) is 0. The average molecular weight is 304 g/mol. The second kappa shape index (κ2) is 6.69. The summed E-state index contributed by atoms with van der Waals surface area (Å²) in [6, 6.07) is 0. The van der Waals surface area contributed by atoms with Gasteiger partial charge in [0, 0.05) is 51.9 Å². The zero-order chi connectivity index (χ0) is 14.8. The Bertz CT molecular complexity index is 489. The van der Waals surface area contributed by atoms with Crippen LogP contribution in [0.1, 0.15) is 30.8 Å². The van der Waals surface area contributed by atoms with Crippen LogP contribution in [0.15, 0.2) is 6.20 Å². The summed E-state index contributed by atoms with van der Waals surface area (Å²) in [5.41, 5.74) is 1.42. The van der Waals surface area contributed by atoms with Crippen LogP contribution in [-0.4, -0.2) is 65.3 Å². The molecule has 0 saturated carbocycles. The van der Waals surface area contributed by atoms with E-state index in [1.807, 2.05) is 0 Å². The van der Waals surface area contributed by atoms with Gasteiger partial charge in [0.2, 0.25) is 0 Å². The molecule has 0 amide bonds. The summed E-state index contributed by atoms with van der Waals surface area (Å²) in [6.45, 7) is 10.1. The fraction of sp³-hybridized carbons (Fsp3) is 0.824. The van der Waals surface area contributed by atoms with E-state index in [1.165, 1.54) is 50.4 Å². The Morgan fingerprint density at radius 3 is 2.82 bits per heavy atom. The van der Waals surface area contributed by atoms with Gasteiger partial charge in [0.1, 0.15) is 5.82 Å². The number of likely N-dealkylation sites (tertiary alicyclic amines) is 1. The monoisotopic (exact) mass is 304 g/mol. The molecular formula is C17H28N4O. The lowest BCUT2D eigenvalue weighted by molar-refractivity contribution is 0.167. The Kier molecular flexibility index (Phi) is 4.46. The van der Waals surface area contributed by atoms with Gasteiger partial charge in [-0.05, 0) is 38.3 Å². The Balaban J connectivity index is 1.37. The second-order valence-corrected chi connectivity index (χ2v) is 7.08. The molecule has 0 N–H and O–H groups in total. The lowest BCUT2D eigenvalue weighted by atomic mass is 10.1. The van der Waals surface area contributed by atoms with E-state index in [1.54, 1.807) is 0 Å². The van der Waals surface area contributed by atoms with Crippen LogP contribution >= 0.6 is 0 Å². The summed E-state index contributed by atoms with van der Waals surface area (Å²) in [6.07, 6.45) is 7.17. The van der Waals surface area contributed by atoms with Crippen molar-refractivity contribution >= 4 is 0 Å². The first-order valence-electron chi connectivity index (χ1n) is 8.94. The van der Waals surface area contributed by atoms with Crippen molar-refractivity contribution in [3.63, 3.8) is 0 Å². The minimum absolute atomic E-state index is 0.745. The summed E-state index contributed by atoms with van der Waals surface area (Å²) in [4.78, 5) is 9.90. The molecule has 3 aliphatic rings. The van der Waals surface area contributed by atoms with E-state index in [4.69, 9.17) is 9.72 Å². The summed E-state index contributed by atoms with van der Waals surface area (Å²) in [5.74, 6) is 2.04.